The summed E-state index contributed by atoms with van der Waals surface area (Å²) in [5, 5.41) is 9.11. The summed E-state index contributed by atoms with van der Waals surface area (Å²) in [5.41, 5.74) is -0.195. The summed E-state index contributed by atoms with van der Waals surface area (Å²) in [5.74, 6) is -5.23. The highest BCUT2D eigenvalue weighted by molar-refractivity contribution is 5.76. The number of aromatic nitrogens is 2. The number of benzene rings is 1. The molecule has 1 aromatic carbocycles. The van der Waals surface area contributed by atoms with E-state index >= 15 is 0 Å². The molecule has 0 fully saturated rings. The number of aromatic hydroxyl groups is 1. The molecule has 0 aliphatic carbocycles. The summed E-state index contributed by atoms with van der Waals surface area (Å²) in [7, 11) is 0. The van der Waals surface area contributed by atoms with Gasteiger partial charge < -0.3 is 10.1 Å². The van der Waals surface area contributed by atoms with Gasteiger partial charge in [-0.3, -0.25) is 0 Å². The number of halogens is 6. The number of hydrogen-bond donors (Lipinski definition) is 2. The van der Waals surface area contributed by atoms with Gasteiger partial charge in [0.2, 0.25) is 5.92 Å². The Morgan fingerprint density at radius 2 is 1.63 bits per heavy atom. The number of nitrogens with zero attached hydrogens (tertiary/aromatic N) is 1. The third-order valence-electron chi connectivity index (χ3n) is 2.41. The highest BCUT2D eigenvalue weighted by Crippen LogP contribution is 2.45. The number of phenolic OH excluding ortho intramolecular Hbond substituents is 1. The minimum absolute atomic E-state index is 0.0914. The van der Waals surface area contributed by atoms with Crippen LogP contribution in [0.1, 0.15) is 11.7 Å². The normalized spacial score (nSPS) is 13.4. The van der Waals surface area contributed by atoms with Crippen molar-refractivity contribution in [1.82, 2.24) is 9.97 Å². The zero-order valence-corrected chi connectivity index (χ0v) is 8.97. The Balaban J connectivity index is 2.57. The summed E-state index contributed by atoms with van der Waals surface area (Å²) < 4.78 is 74.9. The van der Waals surface area contributed by atoms with E-state index in [1.54, 1.807) is 0 Å². The van der Waals surface area contributed by atoms with Crippen molar-refractivity contribution in [3.63, 3.8) is 0 Å². The molecule has 2 aromatic rings. The molecule has 0 spiro atoms. The van der Waals surface area contributed by atoms with E-state index < -0.39 is 24.1 Å². The molecule has 0 unspecified atom stereocenters. The fourth-order valence-corrected chi connectivity index (χ4v) is 1.65. The first-order valence-electron chi connectivity index (χ1n) is 4.91. The van der Waals surface area contributed by atoms with E-state index in [0.717, 1.165) is 18.2 Å². The van der Waals surface area contributed by atoms with E-state index in [1.807, 2.05) is 4.98 Å². The maximum Gasteiger partial charge on any atom is 0.407 e. The number of phenols is 1. The first-order valence-corrected chi connectivity index (χ1v) is 4.91. The number of nitrogens with one attached hydrogen (secondary N) is 1. The van der Waals surface area contributed by atoms with Gasteiger partial charge in [0.05, 0.1) is 11.0 Å². The second-order valence-electron chi connectivity index (χ2n) is 3.84. The van der Waals surface area contributed by atoms with Crippen LogP contribution in [0.2, 0.25) is 0 Å². The average Bonchev–Trinajstić information content (AvgIpc) is 2.54. The first-order chi connectivity index (χ1) is 8.59. The zero-order chi connectivity index (χ0) is 14.4. The highest BCUT2D eigenvalue weighted by Gasteiger charge is 2.59. The number of fused-ring (bicyclic) bond motifs is 1. The molecule has 0 atom stereocenters. The average molecular weight is 284 g/mol. The summed E-state index contributed by atoms with van der Waals surface area (Å²) in [6, 6.07) is 3.23. The molecule has 3 nitrogen and oxygen atoms in total. The predicted octanol–water partition coefficient (Wildman–Crippen LogP) is 3.48. The third-order valence-corrected chi connectivity index (χ3v) is 2.41. The van der Waals surface area contributed by atoms with Crippen LogP contribution in [0.15, 0.2) is 18.2 Å². The molecular formula is C10H6F6N2O. The molecule has 0 amide bonds. The van der Waals surface area contributed by atoms with Crippen LogP contribution in [0.3, 0.4) is 0 Å². The van der Waals surface area contributed by atoms with Crippen molar-refractivity contribution in [2.45, 2.75) is 18.3 Å². The van der Waals surface area contributed by atoms with Gasteiger partial charge in [0, 0.05) is 6.07 Å². The summed E-state index contributed by atoms with van der Waals surface area (Å²) in [4.78, 5) is 5.22. The van der Waals surface area contributed by atoms with Gasteiger partial charge in [-0.2, -0.15) is 26.3 Å². The van der Waals surface area contributed by atoms with Crippen LogP contribution < -0.4 is 0 Å². The summed E-state index contributed by atoms with van der Waals surface area (Å²) >= 11 is 0. The Hall–Kier alpha value is -1.93. The van der Waals surface area contributed by atoms with Crippen LogP contribution in [0.4, 0.5) is 26.3 Å². The SMILES string of the molecule is Oc1ccc2nc(C(C(F)(F)F)C(F)(F)F)[nH]c2c1. The summed E-state index contributed by atoms with van der Waals surface area (Å²) in [6.07, 6.45) is -11.0. The summed E-state index contributed by atoms with van der Waals surface area (Å²) in [6.45, 7) is 0. The molecule has 1 heterocycles. The second kappa shape index (κ2) is 4.04. The lowest BCUT2D eigenvalue weighted by molar-refractivity contribution is -0.255. The number of alkyl halides is 6. The number of imidazole rings is 1. The van der Waals surface area contributed by atoms with Crippen LogP contribution in [0.5, 0.6) is 5.75 Å². The fraction of sp³-hybridized carbons (Fsp3) is 0.300. The van der Waals surface area contributed by atoms with Gasteiger partial charge >= 0.3 is 12.4 Å². The van der Waals surface area contributed by atoms with E-state index in [2.05, 4.69) is 4.98 Å². The Kier molecular flexibility index (Phi) is 2.87. The van der Waals surface area contributed by atoms with Gasteiger partial charge in [0.1, 0.15) is 11.6 Å². The first kappa shape index (κ1) is 13.5. The number of H-pyrrole nitrogens is 1. The molecule has 0 saturated carbocycles. The minimum Gasteiger partial charge on any atom is -0.508 e. The van der Waals surface area contributed by atoms with Crippen LogP contribution in [0.25, 0.3) is 11.0 Å². The van der Waals surface area contributed by atoms with Crippen molar-refractivity contribution in [2.24, 2.45) is 0 Å². The molecule has 9 heteroatoms. The molecule has 0 aliphatic heterocycles. The largest absolute Gasteiger partial charge is 0.508 e. The Morgan fingerprint density at radius 1 is 1.05 bits per heavy atom. The van der Waals surface area contributed by atoms with Crippen molar-refractivity contribution in [3.05, 3.63) is 24.0 Å². The van der Waals surface area contributed by atoms with Crippen molar-refractivity contribution in [2.75, 3.05) is 0 Å². The topological polar surface area (TPSA) is 48.9 Å². The molecule has 0 radical (unpaired) electrons. The molecular weight excluding hydrogens is 278 g/mol. The van der Waals surface area contributed by atoms with Crippen LogP contribution >= 0.6 is 0 Å². The van der Waals surface area contributed by atoms with Crippen molar-refractivity contribution < 1.29 is 31.4 Å². The van der Waals surface area contributed by atoms with Crippen LogP contribution in [0, 0.1) is 0 Å². The molecule has 2 N–H and O–H groups in total. The number of aromatic amines is 1. The zero-order valence-electron chi connectivity index (χ0n) is 8.97. The molecule has 0 saturated heterocycles. The maximum atomic E-state index is 12.5. The lowest BCUT2D eigenvalue weighted by Gasteiger charge is -2.20. The quantitative estimate of drug-likeness (QED) is 0.788. The van der Waals surface area contributed by atoms with Gasteiger partial charge in [-0.25, -0.2) is 4.98 Å². The van der Waals surface area contributed by atoms with Gasteiger partial charge in [-0.05, 0) is 12.1 Å². The van der Waals surface area contributed by atoms with E-state index in [0.29, 0.717) is 0 Å². The van der Waals surface area contributed by atoms with Crippen LogP contribution in [-0.4, -0.2) is 27.4 Å². The van der Waals surface area contributed by atoms with Crippen molar-refractivity contribution >= 4 is 11.0 Å². The van der Waals surface area contributed by atoms with Gasteiger partial charge in [0.15, 0.2) is 0 Å². The highest BCUT2D eigenvalue weighted by atomic mass is 19.4. The van der Waals surface area contributed by atoms with E-state index in [-0.39, 0.29) is 16.8 Å². The van der Waals surface area contributed by atoms with Crippen molar-refractivity contribution in [1.29, 1.82) is 0 Å². The molecule has 2 rings (SSSR count). The number of hydrogen-bond acceptors (Lipinski definition) is 2. The van der Waals surface area contributed by atoms with Gasteiger partial charge in [-0.1, -0.05) is 0 Å². The minimum atomic E-state index is -5.51. The van der Waals surface area contributed by atoms with E-state index in [4.69, 9.17) is 5.11 Å². The third kappa shape index (κ3) is 2.59. The monoisotopic (exact) mass is 284 g/mol. The molecule has 104 valence electrons. The maximum absolute atomic E-state index is 12.5. The Bertz CT molecular complexity index is 586. The van der Waals surface area contributed by atoms with Gasteiger partial charge in [-0.15, -0.1) is 0 Å². The van der Waals surface area contributed by atoms with Crippen molar-refractivity contribution in [3.8, 4) is 5.75 Å². The Morgan fingerprint density at radius 3 is 2.16 bits per heavy atom. The molecule has 1 aromatic heterocycles. The molecule has 0 bridgehead atoms. The number of rotatable bonds is 1. The van der Waals surface area contributed by atoms with Crippen LogP contribution in [-0.2, 0) is 0 Å². The molecule has 19 heavy (non-hydrogen) atoms. The second-order valence-corrected chi connectivity index (χ2v) is 3.84. The lowest BCUT2D eigenvalue weighted by atomic mass is 10.1. The standard InChI is InChI=1S/C10H6F6N2O/c11-9(12,13)7(10(14,15)16)8-17-5-2-1-4(19)3-6(5)18-8/h1-3,7,19H,(H,17,18). The van der Waals surface area contributed by atoms with E-state index in [1.165, 1.54) is 0 Å². The molecule has 0 aliphatic rings. The fourth-order valence-electron chi connectivity index (χ4n) is 1.65. The lowest BCUT2D eigenvalue weighted by Crippen LogP contribution is -2.34. The smallest absolute Gasteiger partial charge is 0.407 e. The van der Waals surface area contributed by atoms with Gasteiger partial charge in [0.25, 0.3) is 0 Å². The Labute approximate surface area is 101 Å². The predicted molar refractivity (Wildman–Crippen MR) is 52.6 cm³/mol. The van der Waals surface area contributed by atoms with E-state index in [9.17, 15) is 26.3 Å².